The number of nitrogens with one attached hydrogen (secondary N) is 1. The normalized spacial score (nSPS) is 16.4. The molecule has 3 rings (SSSR count). The van der Waals surface area contributed by atoms with Crippen LogP contribution in [0, 0.1) is 0 Å². The van der Waals surface area contributed by atoms with Crippen LogP contribution in [0.1, 0.15) is 24.8 Å². The number of hydrogen-bond donors (Lipinski definition) is 1. The highest BCUT2D eigenvalue weighted by atomic mass is 79.9. The third-order valence-electron chi connectivity index (χ3n) is 3.74. The van der Waals surface area contributed by atoms with Crippen LogP contribution in [0.5, 0.6) is 0 Å². The van der Waals surface area contributed by atoms with E-state index in [0.717, 1.165) is 29.3 Å². The van der Waals surface area contributed by atoms with Crippen molar-refractivity contribution >= 4 is 21.8 Å². The molecule has 1 aliphatic carbocycles. The van der Waals surface area contributed by atoms with Gasteiger partial charge in [0.15, 0.2) is 0 Å². The topological polar surface area (TPSA) is 59.8 Å². The highest BCUT2D eigenvalue weighted by Gasteiger charge is 2.40. The third-order valence-corrected chi connectivity index (χ3v) is 4.23. The van der Waals surface area contributed by atoms with Gasteiger partial charge in [-0.15, -0.1) is 0 Å². The van der Waals surface area contributed by atoms with Crippen molar-refractivity contribution in [2.24, 2.45) is 0 Å². The minimum absolute atomic E-state index is 0.0322. The van der Waals surface area contributed by atoms with Crippen molar-refractivity contribution in [1.82, 2.24) is 20.1 Å². The molecule has 2 aromatic rings. The van der Waals surface area contributed by atoms with E-state index in [0.29, 0.717) is 0 Å². The molecular weight excluding hydrogens is 320 g/mol. The fourth-order valence-electron chi connectivity index (χ4n) is 2.57. The fourth-order valence-corrected chi connectivity index (χ4v) is 2.97. The van der Waals surface area contributed by atoms with Gasteiger partial charge in [-0.2, -0.15) is 5.10 Å². The van der Waals surface area contributed by atoms with Gasteiger partial charge in [-0.25, -0.2) is 9.67 Å². The Bertz CT molecular complexity index is 607. The summed E-state index contributed by atoms with van der Waals surface area (Å²) in [6.07, 6.45) is 6.07. The predicted octanol–water partition coefficient (Wildman–Crippen LogP) is 2.24. The van der Waals surface area contributed by atoms with Crippen LogP contribution in [0.2, 0.25) is 0 Å². The first kappa shape index (κ1) is 13.3. The number of carbonyl (C=O) groups is 1. The van der Waals surface area contributed by atoms with Gasteiger partial charge in [0, 0.05) is 4.47 Å². The van der Waals surface area contributed by atoms with Gasteiger partial charge in [-0.05, 0) is 37.0 Å². The Labute approximate surface area is 125 Å². The molecule has 0 unspecified atom stereocenters. The number of nitrogens with zero attached hydrogens (tertiary/aromatic N) is 3. The monoisotopic (exact) mass is 334 g/mol. The lowest BCUT2D eigenvalue weighted by molar-refractivity contribution is -0.125. The van der Waals surface area contributed by atoms with Gasteiger partial charge in [0.05, 0.1) is 5.54 Å². The largest absolute Gasteiger partial charge is 0.345 e. The van der Waals surface area contributed by atoms with Crippen molar-refractivity contribution in [3.05, 3.63) is 47.0 Å². The highest BCUT2D eigenvalue weighted by molar-refractivity contribution is 9.10. The lowest BCUT2D eigenvalue weighted by Crippen LogP contribution is -2.51. The molecule has 1 aromatic carbocycles. The Balaban J connectivity index is 1.75. The van der Waals surface area contributed by atoms with Crippen LogP contribution in [0.4, 0.5) is 0 Å². The highest BCUT2D eigenvalue weighted by Crippen LogP contribution is 2.41. The van der Waals surface area contributed by atoms with Gasteiger partial charge >= 0.3 is 0 Å². The molecule has 5 nitrogen and oxygen atoms in total. The molecule has 0 bridgehead atoms. The standard InChI is InChI=1S/C14H15BrN4O/c15-12-4-1-3-11(7-12)14(5-2-6-14)18-13(20)8-19-10-16-9-17-19/h1,3-4,7,9-10H,2,5-6,8H2,(H,18,20). The van der Waals surface area contributed by atoms with Crippen LogP contribution in [-0.2, 0) is 16.9 Å². The Morgan fingerprint density at radius 1 is 1.45 bits per heavy atom. The van der Waals surface area contributed by atoms with Gasteiger partial charge in [-0.1, -0.05) is 28.1 Å². The molecule has 0 saturated heterocycles. The lowest BCUT2D eigenvalue weighted by atomic mass is 9.72. The summed E-state index contributed by atoms with van der Waals surface area (Å²) >= 11 is 3.49. The van der Waals surface area contributed by atoms with E-state index < -0.39 is 0 Å². The van der Waals surface area contributed by atoms with Crippen molar-refractivity contribution < 1.29 is 4.79 Å². The van der Waals surface area contributed by atoms with E-state index >= 15 is 0 Å². The summed E-state index contributed by atoms with van der Waals surface area (Å²) in [5, 5.41) is 7.12. The Hall–Kier alpha value is -1.69. The summed E-state index contributed by atoms with van der Waals surface area (Å²) in [7, 11) is 0. The maximum Gasteiger partial charge on any atom is 0.242 e. The first-order chi connectivity index (χ1) is 9.68. The summed E-state index contributed by atoms with van der Waals surface area (Å²) in [4.78, 5) is 16.0. The second-order valence-corrected chi connectivity index (χ2v) is 6.00. The van der Waals surface area contributed by atoms with Crippen LogP contribution >= 0.6 is 15.9 Å². The number of benzene rings is 1. The second kappa shape index (κ2) is 5.36. The molecular formula is C14H15BrN4O. The third kappa shape index (κ3) is 2.60. The smallest absolute Gasteiger partial charge is 0.242 e. The zero-order valence-electron chi connectivity index (χ0n) is 10.9. The zero-order chi connectivity index (χ0) is 14.0. The number of rotatable bonds is 4. The quantitative estimate of drug-likeness (QED) is 0.932. The van der Waals surface area contributed by atoms with Crippen molar-refractivity contribution in [2.75, 3.05) is 0 Å². The van der Waals surface area contributed by atoms with Crippen molar-refractivity contribution in [3.63, 3.8) is 0 Å². The summed E-state index contributed by atoms with van der Waals surface area (Å²) < 4.78 is 2.56. The first-order valence-corrected chi connectivity index (χ1v) is 7.37. The molecule has 1 saturated carbocycles. The Morgan fingerprint density at radius 3 is 2.90 bits per heavy atom. The average Bonchev–Trinajstić information content (AvgIpc) is 2.86. The van der Waals surface area contributed by atoms with E-state index in [4.69, 9.17) is 0 Å². The molecule has 1 heterocycles. The van der Waals surface area contributed by atoms with Crippen LogP contribution in [-0.4, -0.2) is 20.7 Å². The summed E-state index contributed by atoms with van der Waals surface area (Å²) in [6.45, 7) is 0.204. The summed E-state index contributed by atoms with van der Waals surface area (Å²) in [5.41, 5.74) is 0.937. The second-order valence-electron chi connectivity index (χ2n) is 5.09. The Morgan fingerprint density at radius 2 is 2.30 bits per heavy atom. The molecule has 1 aliphatic rings. The number of halogens is 1. The van der Waals surface area contributed by atoms with Gasteiger partial charge in [0.25, 0.3) is 0 Å². The van der Waals surface area contributed by atoms with Crippen molar-refractivity contribution in [3.8, 4) is 0 Å². The molecule has 6 heteroatoms. The molecule has 0 aliphatic heterocycles. The van der Waals surface area contributed by atoms with E-state index in [-0.39, 0.29) is 18.0 Å². The summed E-state index contributed by atoms with van der Waals surface area (Å²) in [6, 6.07) is 8.14. The molecule has 104 valence electrons. The molecule has 1 aromatic heterocycles. The van der Waals surface area contributed by atoms with Crippen LogP contribution in [0.25, 0.3) is 0 Å². The van der Waals surface area contributed by atoms with Gasteiger partial charge < -0.3 is 5.32 Å². The molecule has 20 heavy (non-hydrogen) atoms. The maximum atomic E-state index is 12.2. The minimum atomic E-state index is -0.221. The molecule has 1 amide bonds. The molecule has 1 fully saturated rings. The van der Waals surface area contributed by atoms with E-state index in [2.05, 4.69) is 43.5 Å². The zero-order valence-corrected chi connectivity index (χ0v) is 12.5. The van der Waals surface area contributed by atoms with Gasteiger partial charge in [0.1, 0.15) is 19.2 Å². The SMILES string of the molecule is O=C(Cn1cncn1)NC1(c2cccc(Br)c2)CCC1. The van der Waals surface area contributed by atoms with Crippen molar-refractivity contribution in [2.45, 2.75) is 31.3 Å². The van der Waals surface area contributed by atoms with E-state index in [9.17, 15) is 4.79 Å². The van der Waals surface area contributed by atoms with E-state index in [1.165, 1.54) is 11.0 Å². The minimum Gasteiger partial charge on any atom is -0.345 e. The molecule has 0 radical (unpaired) electrons. The van der Waals surface area contributed by atoms with E-state index in [1.54, 1.807) is 6.33 Å². The summed E-state index contributed by atoms with van der Waals surface area (Å²) in [5.74, 6) is -0.0322. The maximum absolute atomic E-state index is 12.2. The van der Waals surface area contributed by atoms with Crippen LogP contribution < -0.4 is 5.32 Å². The number of carbonyl (C=O) groups excluding carboxylic acids is 1. The average molecular weight is 335 g/mol. The number of hydrogen-bond acceptors (Lipinski definition) is 3. The molecule has 0 atom stereocenters. The molecule has 0 spiro atoms. The van der Waals surface area contributed by atoms with Crippen LogP contribution in [0.3, 0.4) is 0 Å². The lowest BCUT2D eigenvalue weighted by Gasteiger charge is -2.43. The Kier molecular flexibility index (Phi) is 3.56. The first-order valence-electron chi connectivity index (χ1n) is 6.57. The van der Waals surface area contributed by atoms with E-state index in [1.807, 2.05) is 12.1 Å². The number of aromatic nitrogens is 3. The predicted molar refractivity (Wildman–Crippen MR) is 77.8 cm³/mol. The fraction of sp³-hybridized carbons (Fsp3) is 0.357. The van der Waals surface area contributed by atoms with Gasteiger partial charge in [-0.3, -0.25) is 4.79 Å². The van der Waals surface area contributed by atoms with Crippen molar-refractivity contribution in [1.29, 1.82) is 0 Å². The number of amides is 1. The molecule has 1 N–H and O–H groups in total. The van der Waals surface area contributed by atoms with Gasteiger partial charge in [0.2, 0.25) is 5.91 Å². The van der Waals surface area contributed by atoms with Crippen LogP contribution in [0.15, 0.2) is 41.4 Å².